The van der Waals surface area contributed by atoms with Crippen LogP contribution in [-0.2, 0) is 0 Å². The number of thioether (sulfide) groups is 1. The zero-order valence-corrected chi connectivity index (χ0v) is 8.94. The maximum Gasteiger partial charge on any atom is 0.255 e. The molecule has 0 unspecified atom stereocenters. The van der Waals surface area contributed by atoms with Gasteiger partial charge in [0.05, 0.1) is 17.8 Å². The van der Waals surface area contributed by atoms with Gasteiger partial charge in [-0.3, -0.25) is 0 Å². The molecule has 0 heterocycles. The van der Waals surface area contributed by atoms with Crippen LogP contribution in [0.1, 0.15) is 5.56 Å². The van der Waals surface area contributed by atoms with Gasteiger partial charge in [0, 0.05) is 4.90 Å². The highest BCUT2D eigenvalue weighted by atomic mass is 32.2. The molecule has 2 nitrogen and oxygen atoms in total. The smallest absolute Gasteiger partial charge is 0.255 e. The van der Waals surface area contributed by atoms with Crippen molar-refractivity contribution in [3.63, 3.8) is 0 Å². The molecule has 0 bridgehead atoms. The van der Waals surface area contributed by atoms with Crippen molar-refractivity contribution in [3.05, 3.63) is 23.8 Å². The molecule has 0 saturated heterocycles. The zero-order chi connectivity index (χ0) is 11.3. The van der Waals surface area contributed by atoms with Crippen LogP contribution in [-0.4, -0.2) is 19.2 Å². The Hall–Kier alpha value is -1.28. The van der Waals surface area contributed by atoms with E-state index in [-0.39, 0.29) is 0 Å². The lowest BCUT2D eigenvalue weighted by Gasteiger charge is -2.09. The molecule has 0 spiro atoms. The van der Waals surface area contributed by atoms with Gasteiger partial charge in [0.2, 0.25) is 0 Å². The maximum absolute atomic E-state index is 12.0. The Kier molecular flexibility index (Phi) is 4.37. The van der Waals surface area contributed by atoms with E-state index in [1.54, 1.807) is 18.2 Å². The number of benzene rings is 1. The van der Waals surface area contributed by atoms with Crippen molar-refractivity contribution in [1.82, 2.24) is 0 Å². The van der Waals surface area contributed by atoms with E-state index < -0.39 is 13.0 Å². The van der Waals surface area contributed by atoms with Gasteiger partial charge in [0.15, 0.2) is 0 Å². The van der Waals surface area contributed by atoms with Crippen molar-refractivity contribution in [3.8, 4) is 6.07 Å². The van der Waals surface area contributed by atoms with Gasteiger partial charge in [-0.15, -0.1) is 11.8 Å². The van der Waals surface area contributed by atoms with Crippen LogP contribution in [0, 0.1) is 11.3 Å². The van der Waals surface area contributed by atoms with Gasteiger partial charge in [-0.25, -0.2) is 8.78 Å². The third-order valence-corrected chi connectivity index (χ3v) is 2.58. The lowest BCUT2D eigenvalue weighted by Crippen LogP contribution is -2.11. The minimum absolute atomic E-state index is 0.422. The van der Waals surface area contributed by atoms with Crippen LogP contribution in [0.2, 0.25) is 0 Å². The van der Waals surface area contributed by atoms with E-state index in [0.717, 1.165) is 4.90 Å². The normalized spacial score (nSPS) is 10.1. The molecular formula is C10H10F2N2S. The summed E-state index contributed by atoms with van der Waals surface area (Å²) >= 11 is 1.42. The van der Waals surface area contributed by atoms with Gasteiger partial charge in [-0.2, -0.15) is 5.26 Å². The fourth-order valence-corrected chi connectivity index (χ4v) is 1.73. The Bertz CT molecular complexity index is 374. The van der Waals surface area contributed by atoms with Crippen LogP contribution in [0.4, 0.5) is 14.5 Å². The molecular weight excluding hydrogens is 218 g/mol. The molecule has 0 fully saturated rings. The summed E-state index contributed by atoms with van der Waals surface area (Å²) in [5.41, 5.74) is 0.885. The summed E-state index contributed by atoms with van der Waals surface area (Å²) in [4.78, 5) is 0.789. The van der Waals surface area contributed by atoms with E-state index in [1.165, 1.54) is 11.8 Å². The molecule has 0 saturated carbocycles. The first-order valence-electron chi connectivity index (χ1n) is 4.28. The molecule has 1 aromatic rings. The monoisotopic (exact) mass is 228 g/mol. The summed E-state index contributed by atoms with van der Waals surface area (Å²) in [5, 5.41) is 11.5. The van der Waals surface area contributed by atoms with Gasteiger partial charge in [-0.1, -0.05) is 6.07 Å². The Balaban J connectivity index is 2.92. The zero-order valence-electron chi connectivity index (χ0n) is 8.13. The van der Waals surface area contributed by atoms with E-state index in [9.17, 15) is 8.78 Å². The molecule has 0 aliphatic carbocycles. The quantitative estimate of drug-likeness (QED) is 0.805. The van der Waals surface area contributed by atoms with Gasteiger partial charge < -0.3 is 5.32 Å². The predicted molar refractivity (Wildman–Crippen MR) is 57.4 cm³/mol. The summed E-state index contributed by atoms with van der Waals surface area (Å²) in [6.45, 7) is -0.438. The lowest BCUT2D eigenvalue weighted by molar-refractivity contribution is 0.163. The molecule has 0 radical (unpaired) electrons. The number of nitrogens with one attached hydrogen (secondary N) is 1. The Morgan fingerprint density at radius 1 is 1.53 bits per heavy atom. The SMILES string of the molecule is CSc1cccc(NCC(F)F)c1C#N. The number of hydrogen-bond donors (Lipinski definition) is 1. The minimum Gasteiger partial charge on any atom is -0.378 e. The summed E-state index contributed by atoms with van der Waals surface area (Å²) in [5.74, 6) is 0. The van der Waals surface area contributed by atoms with Crippen LogP contribution in [0.3, 0.4) is 0 Å². The van der Waals surface area contributed by atoms with Crippen molar-refractivity contribution in [2.75, 3.05) is 18.1 Å². The first-order chi connectivity index (χ1) is 7.19. The highest BCUT2D eigenvalue weighted by Gasteiger charge is 2.08. The predicted octanol–water partition coefficient (Wildman–Crippen LogP) is 2.96. The van der Waals surface area contributed by atoms with Crippen LogP contribution in [0.25, 0.3) is 0 Å². The molecule has 1 aromatic carbocycles. The number of alkyl halides is 2. The van der Waals surface area contributed by atoms with Crippen molar-refractivity contribution < 1.29 is 8.78 Å². The van der Waals surface area contributed by atoms with Crippen LogP contribution < -0.4 is 5.32 Å². The van der Waals surface area contributed by atoms with Gasteiger partial charge in [0.25, 0.3) is 6.43 Å². The molecule has 15 heavy (non-hydrogen) atoms. The van der Waals surface area contributed by atoms with Crippen molar-refractivity contribution in [2.45, 2.75) is 11.3 Å². The Morgan fingerprint density at radius 2 is 2.27 bits per heavy atom. The standard InChI is InChI=1S/C10H10F2N2S/c1-15-9-4-2-3-8(7(9)5-13)14-6-10(11)12/h2-4,10,14H,6H2,1H3. The summed E-state index contributed by atoms with van der Waals surface area (Å²) in [6, 6.07) is 7.16. The highest BCUT2D eigenvalue weighted by molar-refractivity contribution is 7.98. The van der Waals surface area contributed by atoms with Crippen LogP contribution in [0.5, 0.6) is 0 Å². The molecule has 1 rings (SSSR count). The first kappa shape index (κ1) is 11.8. The van der Waals surface area contributed by atoms with Gasteiger partial charge in [0.1, 0.15) is 6.07 Å². The lowest BCUT2D eigenvalue weighted by atomic mass is 10.2. The van der Waals surface area contributed by atoms with Crippen molar-refractivity contribution >= 4 is 17.4 Å². The van der Waals surface area contributed by atoms with E-state index in [2.05, 4.69) is 5.32 Å². The number of rotatable bonds is 4. The average molecular weight is 228 g/mol. The summed E-state index contributed by atoms with van der Waals surface area (Å²) in [6.07, 6.45) is -0.581. The van der Waals surface area contributed by atoms with Crippen LogP contribution >= 0.6 is 11.8 Å². The van der Waals surface area contributed by atoms with E-state index in [0.29, 0.717) is 11.3 Å². The number of anilines is 1. The second kappa shape index (κ2) is 5.56. The first-order valence-corrected chi connectivity index (χ1v) is 5.50. The third kappa shape index (κ3) is 3.10. The fraction of sp³-hybridized carbons (Fsp3) is 0.300. The Labute approximate surface area is 91.3 Å². The molecule has 1 N–H and O–H groups in total. The summed E-state index contributed by atoms with van der Waals surface area (Å²) in [7, 11) is 0. The largest absolute Gasteiger partial charge is 0.378 e. The maximum atomic E-state index is 12.0. The molecule has 0 atom stereocenters. The van der Waals surface area contributed by atoms with Crippen molar-refractivity contribution in [1.29, 1.82) is 5.26 Å². The highest BCUT2D eigenvalue weighted by Crippen LogP contribution is 2.26. The number of nitriles is 1. The van der Waals surface area contributed by atoms with E-state index >= 15 is 0 Å². The Morgan fingerprint density at radius 3 is 2.80 bits per heavy atom. The molecule has 0 aromatic heterocycles. The molecule has 80 valence electrons. The molecule has 0 amide bonds. The van der Waals surface area contributed by atoms with Crippen molar-refractivity contribution in [2.24, 2.45) is 0 Å². The van der Waals surface area contributed by atoms with Gasteiger partial charge >= 0.3 is 0 Å². The topological polar surface area (TPSA) is 35.8 Å². The molecule has 5 heteroatoms. The average Bonchev–Trinajstić information content (AvgIpc) is 2.25. The number of hydrogen-bond acceptors (Lipinski definition) is 3. The molecule has 0 aliphatic heterocycles. The summed E-state index contributed by atoms with van der Waals surface area (Å²) < 4.78 is 24.0. The number of nitrogens with zero attached hydrogens (tertiary/aromatic N) is 1. The van der Waals surface area contributed by atoms with Crippen LogP contribution in [0.15, 0.2) is 23.1 Å². The van der Waals surface area contributed by atoms with Gasteiger partial charge in [-0.05, 0) is 18.4 Å². The van der Waals surface area contributed by atoms with E-state index in [4.69, 9.17) is 5.26 Å². The third-order valence-electron chi connectivity index (χ3n) is 1.80. The fourth-order valence-electron chi connectivity index (χ4n) is 1.15. The second-order valence-electron chi connectivity index (χ2n) is 2.77. The van der Waals surface area contributed by atoms with E-state index in [1.807, 2.05) is 12.3 Å². The number of halogens is 2. The minimum atomic E-state index is -2.42. The molecule has 0 aliphatic rings. The second-order valence-corrected chi connectivity index (χ2v) is 3.61.